The van der Waals surface area contributed by atoms with Gasteiger partial charge in [-0.05, 0) is 30.7 Å². The number of nitrogens with one attached hydrogen (secondary N) is 1. The average molecular weight is 252 g/mol. The number of hydrogen-bond acceptors (Lipinski definition) is 2. The van der Waals surface area contributed by atoms with Crippen LogP contribution in [-0.4, -0.2) is 20.1 Å². The van der Waals surface area contributed by atoms with E-state index in [1.807, 2.05) is 0 Å². The van der Waals surface area contributed by atoms with E-state index in [2.05, 4.69) is 4.72 Å². The Kier molecular flexibility index (Phi) is 3.93. The molecule has 3 nitrogen and oxygen atoms in total. The van der Waals surface area contributed by atoms with Gasteiger partial charge in [0.05, 0.1) is 5.75 Å². The molecular formula is C9H11ClFNO2S. The fourth-order valence-corrected chi connectivity index (χ4v) is 2.44. The number of alkyl halides is 1. The minimum Gasteiger partial charge on any atom is -0.284 e. The van der Waals surface area contributed by atoms with Crippen LogP contribution in [0.1, 0.15) is 5.56 Å². The quantitative estimate of drug-likeness (QED) is 0.834. The lowest BCUT2D eigenvalue weighted by Gasteiger charge is -2.07. The standard InChI is InChI=1S/C9H11ClFNO2S/c1-7-6-8(2-3-9(7)11)12-15(13,14)5-4-10/h2-3,6,12H,4-5H2,1H3. The largest absolute Gasteiger partial charge is 0.284 e. The fraction of sp³-hybridized carbons (Fsp3) is 0.333. The summed E-state index contributed by atoms with van der Waals surface area (Å²) >= 11 is 5.33. The van der Waals surface area contributed by atoms with Gasteiger partial charge in [-0.2, -0.15) is 0 Å². The number of rotatable bonds is 4. The van der Waals surface area contributed by atoms with Gasteiger partial charge in [0.15, 0.2) is 0 Å². The van der Waals surface area contributed by atoms with Crippen LogP contribution in [-0.2, 0) is 10.0 Å². The van der Waals surface area contributed by atoms with E-state index in [0.29, 0.717) is 11.3 Å². The molecule has 0 unspecified atom stereocenters. The van der Waals surface area contributed by atoms with Gasteiger partial charge in [0.1, 0.15) is 5.82 Å². The van der Waals surface area contributed by atoms with Gasteiger partial charge < -0.3 is 0 Å². The molecule has 0 bridgehead atoms. The van der Waals surface area contributed by atoms with Gasteiger partial charge >= 0.3 is 0 Å². The van der Waals surface area contributed by atoms with Gasteiger partial charge in [-0.25, -0.2) is 12.8 Å². The molecule has 15 heavy (non-hydrogen) atoms. The summed E-state index contributed by atoms with van der Waals surface area (Å²) in [6.07, 6.45) is 0. The fourth-order valence-electron chi connectivity index (χ4n) is 1.04. The summed E-state index contributed by atoms with van der Waals surface area (Å²) in [4.78, 5) is 0. The Labute approximate surface area is 93.3 Å². The van der Waals surface area contributed by atoms with E-state index in [1.54, 1.807) is 6.92 Å². The van der Waals surface area contributed by atoms with Crippen molar-refractivity contribution in [3.8, 4) is 0 Å². The average Bonchev–Trinajstić information content (AvgIpc) is 2.10. The molecule has 0 aliphatic rings. The van der Waals surface area contributed by atoms with Crippen LogP contribution in [0.15, 0.2) is 18.2 Å². The summed E-state index contributed by atoms with van der Waals surface area (Å²) in [6.45, 7) is 1.56. The summed E-state index contributed by atoms with van der Waals surface area (Å²) in [5, 5.41) is 0. The van der Waals surface area contributed by atoms with Gasteiger partial charge in [0, 0.05) is 11.6 Å². The van der Waals surface area contributed by atoms with Crippen molar-refractivity contribution in [2.45, 2.75) is 6.92 Å². The highest BCUT2D eigenvalue weighted by atomic mass is 35.5. The van der Waals surface area contributed by atoms with Crippen LogP contribution in [0, 0.1) is 12.7 Å². The summed E-state index contributed by atoms with van der Waals surface area (Å²) in [5.74, 6) is -0.504. The molecule has 0 spiro atoms. The van der Waals surface area contributed by atoms with E-state index in [-0.39, 0.29) is 17.5 Å². The monoisotopic (exact) mass is 251 g/mol. The van der Waals surface area contributed by atoms with Crippen LogP contribution in [0.3, 0.4) is 0 Å². The van der Waals surface area contributed by atoms with E-state index >= 15 is 0 Å². The number of anilines is 1. The second kappa shape index (κ2) is 4.81. The highest BCUT2D eigenvalue weighted by molar-refractivity contribution is 7.92. The molecule has 0 heterocycles. The zero-order valence-electron chi connectivity index (χ0n) is 8.13. The van der Waals surface area contributed by atoms with E-state index in [4.69, 9.17) is 11.6 Å². The first-order chi connectivity index (χ1) is 6.94. The molecule has 1 rings (SSSR count). The van der Waals surface area contributed by atoms with E-state index < -0.39 is 10.0 Å². The van der Waals surface area contributed by atoms with Crippen molar-refractivity contribution in [2.24, 2.45) is 0 Å². The molecule has 84 valence electrons. The molecule has 0 aromatic heterocycles. The van der Waals surface area contributed by atoms with Crippen molar-refractivity contribution < 1.29 is 12.8 Å². The van der Waals surface area contributed by atoms with Crippen LogP contribution in [0.5, 0.6) is 0 Å². The van der Waals surface area contributed by atoms with Gasteiger partial charge in [0.25, 0.3) is 0 Å². The van der Waals surface area contributed by atoms with E-state index in [0.717, 1.165) is 0 Å². The van der Waals surface area contributed by atoms with Crippen LogP contribution >= 0.6 is 11.6 Å². The number of aryl methyl sites for hydroxylation is 1. The molecule has 1 N–H and O–H groups in total. The lowest BCUT2D eigenvalue weighted by atomic mass is 10.2. The number of halogens is 2. The van der Waals surface area contributed by atoms with Crippen molar-refractivity contribution in [3.05, 3.63) is 29.6 Å². The maximum Gasteiger partial charge on any atom is 0.233 e. The lowest BCUT2D eigenvalue weighted by Crippen LogP contribution is -2.17. The maximum atomic E-state index is 12.9. The van der Waals surface area contributed by atoms with Crippen LogP contribution in [0.4, 0.5) is 10.1 Å². The molecule has 0 atom stereocenters. The van der Waals surface area contributed by atoms with Crippen LogP contribution < -0.4 is 4.72 Å². The highest BCUT2D eigenvalue weighted by Crippen LogP contribution is 2.14. The molecule has 0 radical (unpaired) electrons. The van der Waals surface area contributed by atoms with E-state index in [1.165, 1.54) is 18.2 Å². The van der Waals surface area contributed by atoms with E-state index in [9.17, 15) is 12.8 Å². The zero-order valence-corrected chi connectivity index (χ0v) is 9.70. The first-order valence-electron chi connectivity index (χ1n) is 4.27. The van der Waals surface area contributed by atoms with Crippen molar-refractivity contribution in [3.63, 3.8) is 0 Å². The van der Waals surface area contributed by atoms with Gasteiger partial charge in [-0.1, -0.05) is 0 Å². The van der Waals surface area contributed by atoms with Gasteiger partial charge in [-0.15, -0.1) is 11.6 Å². The zero-order chi connectivity index (χ0) is 11.5. The lowest BCUT2D eigenvalue weighted by molar-refractivity contribution is 0.602. The Bertz CT molecular complexity index is 447. The molecule has 6 heteroatoms. The third-order valence-corrected chi connectivity index (χ3v) is 3.48. The van der Waals surface area contributed by atoms with Crippen LogP contribution in [0.2, 0.25) is 0 Å². The predicted octanol–water partition coefficient (Wildman–Crippen LogP) is 2.11. The Morgan fingerprint density at radius 1 is 1.47 bits per heavy atom. The van der Waals surface area contributed by atoms with Crippen molar-refractivity contribution >= 4 is 27.3 Å². The van der Waals surface area contributed by atoms with Crippen LogP contribution in [0.25, 0.3) is 0 Å². The van der Waals surface area contributed by atoms with Crippen molar-refractivity contribution in [2.75, 3.05) is 16.4 Å². The highest BCUT2D eigenvalue weighted by Gasteiger charge is 2.09. The molecule has 1 aromatic rings. The summed E-state index contributed by atoms with van der Waals surface area (Å²) < 4.78 is 37.8. The number of sulfonamides is 1. The minimum absolute atomic E-state index is 0.0233. The maximum absolute atomic E-state index is 12.9. The second-order valence-electron chi connectivity index (χ2n) is 3.07. The normalized spacial score (nSPS) is 11.4. The molecule has 0 saturated carbocycles. The number of benzene rings is 1. The Morgan fingerprint density at radius 3 is 2.67 bits per heavy atom. The smallest absolute Gasteiger partial charge is 0.233 e. The van der Waals surface area contributed by atoms with Gasteiger partial charge in [-0.3, -0.25) is 4.72 Å². The summed E-state index contributed by atoms with van der Waals surface area (Å²) in [7, 11) is -3.42. The number of hydrogen-bond donors (Lipinski definition) is 1. The first kappa shape index (κ1) is 12.3. The SMILES string of the molecule is Cc1cc(NS(=O)(=O)CCCl)ccc1F. The summed E-state index contributed by atoms with van der Waals surface area (Å²) in [5.41, 5.74) is 0.736. The molecule has 0 aliphatic heterocycles. The molecule has 1 aromatic carbocycles. The predicted molar refractivity (Wildman–Crippen MR) is 59.3 cm³/mol. The Balaban J connectivity index is 2.86. The van der Waals surface area contributed by atoms with Crippen molar-refractivity contribution in [1.29, 1.82) is 0 Å². The first-order valence-corrected chi connectivity index (χ1v) is 6.46. The third kappa shape index (κ3) is 3.68. The summed E-state index contributed by atoms with van der Waals surface area (Å²) in [6, 6.07) is 4.02. The van der Waals surface area contributed by atoms with Crippen molar-refractivity contribution in [1.82, 2.24) is 0 Å². The topological polar surface area (TPSA) is 46.2 Å². The Hall–Kier alpha value is -0.810. The molecule has 0 aliphatic carbocycles. The molecule has 0 saturated heterocycles. The molecular weight excluding hydrogens is 241 g/mol. The molecule has 0 fully saturated rings. The second-order valence-corrected chi connectivity index (χ2v) is 5.29. The third-order valence-electron chi connectivity index (χ3n) is 1.78. The Morgan fingerprint density at radius 2 is 2.13 bits per heavy atom. The minimum atomic E-state index is -3.42. The van der Waals surface area contributed by atoms with Gasteiger partial charge in [0.2, 0.25) is 10.0 Å². The molecule has 0 amide bonds.